The van der Waals surface area contributed by atoms with E-state index >= 15 is 0 Å². The molecule has 3 aromatic carbocycles. The van der Waals surface area contributed by atoms with Crippen LogP contribution in [0.5, 0.6) is 23.0 Å². The second kappa shape index (κ2) is 7.82. The Balaban J connectivity index is 1.51. The van der Waals surface area contributed by atoms with Crippen molar-refractivity contribution in [3.63, 3.8) is 0 Å². The quantitative estimate of drug-likeness (QED) is 0.654. The van der Waals surface area contributed by atoms with Gasteiger partial charge >= 0.3 is 0 Å². The SMILES string of the molecule is COc1ccc(Oc2ccc(Cl)cc2NC(=O)C2Cc3ccccc3O2)cc1. The molecule has 4 rings (SSSR count). The topological polar surface area (TPSA) is 56.8 Å². The van der Waals surface area contributed by atoms with Gasteiger partial charge in [0.15, 0.2) is 11.9 Å². The molecule has 0 aliphatic carbocycles. The third kappa shape index (κ3) is 3.89. The average molecular weight is 396 g/mol. The molecule has 28 heavy (non-hydrogen) atoms. The summed E-state index contributed by atoms with van der Waals surface area (Å²) in [6.07, 6.45) is -0.0673. The fraction of sp³-hybridized carbons (Fsp3) is 0.136. The number of carbonyl (C=O) groups is 1. The molecule has 0 spiro atoms. The molecular weight excluding hydrogens is 378 g/mol. The number of hydrogen-bond acceptors (Lipinski definition) is 4. The Morgan fingerprint density at radius 2 is 1.82 bits per heavy atom. The summed E-state index contributed by atoms with van der Waals surface area (Å²) in [6, 6.07) is 19.9. The van der Waals surface area contributed by atoms with Gasteiger partial charge in [0.05, 0.1) is 12.8 Å². The molecule has 3 aromatic rings. The highest BCUT2D eigenvalue weighted by atomic mass is 35.5. The van der Waals surface area contributed by atoms with Gasteiger partial charge in [0.2, 0.25) is 0 Å². The van der Waals surface area contributed by atoms with E-state index in [2.05, 4.69) is 5.32 Å². The van der Waals surface area contributed by atoms with Crippen molar-refractivity contribution in [3.8, 4) is 23.0 Å². The first-order chi connectivity index (χ1) is 13.6. The maximum atomic E-state index is 12.7. The number of benzene rings is 3. The number of anilines is 1. The van der Waals surface area contributed by atoms with Crippen LogP contribution in [0.1, 0.15) is 5.56 Å². The van der Waals surface area contributed by atoms with Gasteiger partial charge in [-0.05, 0) is 54.1 Å². The predicted molar refractivity (Wildman–Crippen MR) is 108 cm³/mol. The van der Waals surface area contributed by atoms with Crippen molar-refractivity contribution in [2.24, 2.45) is 0 Å². The molecule has 1 atom stereocenters. The Morgan fingerprint density at radius 1 is 1.07 bits per heavy atom. The van der Waals surface area contributed by atoms with Crippen LogP contribution < -0.4 is 19.5 Å². The molecule has 1 aliphatic rings. The molecule has 1 N–H and O–H groups in total. The van der Waals surface area contributed by atoms with Crippen LogP contribution in [0, 0.1) is 0 Å². The van der Waals surface area contributed by atoms with E-state index in [1.807, 2.05) is 24.3 Å². The van der Waals surface area contributed by atoms with Gasteiger partial charge in [0, 0.05) is 11.4 Å². The number of rotatable bonds is 5. The number of carbonyl (C=O) groups excluding carboxylic acids is 1. The number of nitrogens with one attached hydrogen (secondary N) is 1. The molecule has 6 heteroatoms. The molecule has 142 valence electrons. The van der Waals surface area contributed by atoms with Crippen molar-refractivity contribution >= 4 is 23.2 Å². The Kier molecular flexibility index (Phi) is 5.08. The van der Waals surface area contributed by atoms with Crippen LogP contribution in [-0.2, 0) is 11.2 Å². The lowest BCUT2D eigenvalue weighted by Crippen LogP contribution is -2.31. The monoisotopic (exact) mass is 395 g/mol. The van der Waals surface area contributed by atoms with E-state index in [9.17, 15) is 4.79 Å². The number of hydrogen-bond donors (Lipinski definition) is 1. The zero-order valence-corrected chi connectivity index (χ0v) is 15.9. The summed E-state index contributed by atoms with van der Waals surface area (Å²) >= 11 is 6.12. The van der Waals surface area contributed by atoms with Crippen LogP contribution in [0.3, 0.4) is 0 Å². The highest BCUT2D eigenvalue weighted by Crippen LogP contribution is 2.34. The van der Waals surface area contributed by atoms with Gasteiger partial charge in [-0.25, -0.2) is 0 Å². The minimum absolute atomic E-state index is 0.252. The number of methoxy groups -OCH3 is 1. The number of ether oxygens (including phenoxy) is 3. The molecule has 1 unspecified atom stereocenters. The van der Waals surface area contributed by atoms with E-state index < -0.39 is 6.10 Å². The normalized spacial score (nSPS) is 14.7. The van der Waals surface area contributed by atoms with Crippen molar-refractivity contribution in [1.82, 2.24) is 0 Å². The molecule has 0 fully saturated rings. The van der Waals surface area contributed by atoms with Gasteiger partial charge in [-0.3, -0.25) is 4.79 Å². The predicted octanol–water partition coefficient (Wildman–Crippen LogP) is 5.08. The van der Waals surface area contributed by atoms with Crippen LogP contribution in [0.25, 0.3) is 0 Å². The Bertz CT molecular complexity index is 979. The lowest BCUT2D eigenvalue weighted by atomic mass is 10.1. The molecule has 0 aromatic heterocycles. The van der Waals surface area contributed by atoms with Crippen LogP contribution in [0.4, 0.5) is 5.69 Å². The first-order valence-corrected chi connectivity index (χ1v) is 9.17. The van der Waals surface area contributed by atoms with Crippen LogP contribution in [0.15, 0.2) is 66.7 Å². The Morgan fingerprint density at radius 3 is 2.57 bits per heavy atom. The van der Waals surface area contributed by atoms with Gasteiger partial charge in [-0.1, -0.05) is 29.8 Å². The number of para-hydroxylation sites is 1. The summed E-state index contributed by atoms with van der Waals surface area (Å²) in [4.78, 5) is 12.7. The molecule has 1 aliphatic heterocycles. The standard InChI is InChI=1S/C22H18ClNO4/c1-26-16-7-9-17(10-8-16)27-20-11-6-15(23)13-18(20)24-22(25)21-12-14-4-2-3-5-19(14)28-21/h2-11,13,21H,12H2,1H3,(H,24,25). The summed E-state index contributed by atoms with van der Waals surface area (Å²) in [5.41, 5.74) is 1.50. The second-order valence-electron chi connectivity index (χ2n) is 6.33. The molecule has 0 radical (unpaired) electrons. The Hall–Kier alpha value is -3.18. The van der Waals surface area contributed by atoms with Crippen LogP contribution >= 0.6 is 11.6 Å². The smallest absolute Gasteiger partial charge is 0.265 e. The zero-order valence-electron chi connectivity index (χ0n) is 15.1. The maximum absolute atomic E-state index is 12.7. The highest BCUT2D eigenvalue weighted by molar-refractivity contribution is 6.31. The first kappa shape index (κ1) is 18.2. The third-order valence-corrected chi connectivity index (χ3v) is 4.66. The zero-order chi connectivity index (χ0) is 19.5. The first-order valence-electron chi connectivity index (χ1n) is 8.79. The molecular formula is C22H18ClNO4. The largest absolute Gasteiger partial charge is 0.497 e. The fourth-order valence-corrected chi connectivity index (χ4v) is 3.17. The van der Waals surface area contributed by atoms with Gasteiger partial charge in [0.1, 0.15) is 17.2 Å². The molecule has 1 amide bonds. The second-order valence-corrected chi connectivity index (χ2v) is 6.76. The van der Waals surface area contributed by atoms with E-state index in [0.29, 0.717) is 28.6 Å². The van der Waals surface area contributed by atoms with Crippen molar-refractivity contribution < 1.29 is 19.0 Å². The summed E-state index contributed by atoms with van der Waals surface area (Å²) in [7, 11) is 1.60. The van der Waals surface area contributed by atoms with E-state index in [4.69, 9.17) is 25.8 Å². The summed E-state index contributed by atoms with van der Waals surface area (Å²) < 4.78 is 16.8. The molecule has 1 heterocycles. The van der Waals surface area contributed by atoms with Crippen LogP contribution in [0.2, 0.25) is 5.02 Å². The van der Waals surface area contributed by atoms with Crippen molar-refractivity contribution in [1.29, 1.82) is 0 Å². The number of halogens is 1. The fourth-order valence-electron chi connectivity index (χ4n) is 3.00. The van der Waals surface area contributed by atoms with E-state index in [0.717, 1.165) is 17.1 Å². The van der Waals surface area contributed by atoms with E-state index in [1.54, 1.807) is 49.6 Å². The highest BCUT2D eigenvalue weighted by Gasteiger charge is 2.29. The summed E-state index contributed by atoms with van der Waals surface area (Å²) in [6.45, 7) is 0. The van der Waals surface area contributed by atoms with Crippen molar-refractivity contribution in [2.75, 3.05) is 12.4 Å². The van der Waals surface area contributed by atoms with Gasteiger partial charge in [-0.2, -0.15) is 0 Å². The number of fused-ring (bicyclic) bond motifs is 1. The summed E-state index contributed by atoms with van der Waals surface area (Å²) in [5.74, 6) is 2.32. The van der Waals surface area contributed by atoms with Gasteiger partial charge < -0.3 is 19.5 Å². The molecule has 0 saturated heterocycles. The van der Waals surface area contributed by atoms with Gasteiger partial charge in [-0.15, -0.1) is 0 Å². The number of amides is 1. The van der Waals surface area contributed by atoms with Gasteiger partial charge in [0.25, 0.3) is 5.91 Å². The van der Waals surface area contributed by atoms with E-state index in [-0.39, 0.29) is 5.91 Å². The van der Waals surface area contributed by atoms with E-state index in [1.165, 1.54) is 0 Å². The van der Waals surface area contributed by atoms with Crippen LogP contribution in [-0.4, -0.2) is 19.1 Å². The molecule has 0 saturated carbocycles. The van der Waals surface area contributed by atoms with Crippen molar-refractivity contribution in [2.45, 2.75) is 12.5 Å². The minimum atomic E-state index is -0.592. The van der Waals surface area contributed by atoms with Crippen molar-refractivity contribution in [3.05, 3.63) is 77.3 Å². The molecule has 0 bridgehead atoms. The average Bonchev–Trinajstić information content (AvgIpc) is 3.15. The Labute approximate surface area is 167 Å². The maximum Gasteiger partial charge on any atom is 0.265 e. The minimum Gasteiger partial charge on any atom is -0.497 e. The lowest BCUT2D eigenvalue weighted by Gasteiger charge is -2.15. The third-order valence-electron chi connectivity index (χ3n) is 4.43. The molecule has 5 nitrogen and oxygen atoms in total. The lowest BCUT2D eigenvalue weighted by molar-refractivity contribution is -0.122. The summed E-state index contributed by atoms with van der Waals surface area (Å²) in [5, 5.41) is 3.37.